The van der Waals surface area contributed by atoms with Crippen LogP contribution in [0.4, 0.5) is 4.79 Å². The van der Waals surface area contributed by atoms with Crippen molar-refractivity contribution in [2.75, 3.05) is 6.61 Å². The zero-order valence-corrected chi connectivity index (χ0v) is 14.4. The number of nitrogens with one attached hydrogen (secondary N) is 2. The summed E-state index contributed by atoms with van der Waals surface area (Å²) >= 11 is 0. The van der Waals surface area contributed by atoms with Gasteiger partial charge in [-0.3, -0.25) is 0 Å². The molecule has 6 heteroatoms. The number of benzene rings is 1. The molecule has 0 radical (unpaired) electrons. The lowest BCUT2D eigenvalue weighted by Crippen LogP contribution is -2.43. The molecule has 1 aliphatic carbocycles. The first-order chi connectivity index (χ1) is 12.2. The molecular formula is C19H23N3O3. The molecule has 25 heavy (non-hydrogen) atoms. The van der Waals surface area contributed by atoms with E-state index in [1.165, 1.54) is 5.56 Å². The summed E-state index contributed by atoms with van der Waals surface area (Å²) in [6.45, 7) is 3.00. The van der Waals surface area contributed by atoms with Crippen LogP contribution in [0.2, 0.25) is 0 Å². The average molecular weight is 341 g/mol. The molecule has 2 amide bonds. The minimum atomic E-state index is -0.190. The zero-order valence-electron chi connectivity index (χ0n) is 14.4. The Morgan fingerprint density at radius 3 is 3.08 bits per heavy atom. The lowest BCUT2D eigenvalue weighted by Gasteiger charge is -2.20. The molecule has 2 aliphatic rings. The van der Waals surface area contributed by atoms with Crippen LogP contribution in [-0.4, -0.2) is 23.8 Å². The van der Waals surface area contributed by atoms with E-state index in [2.05, 4.69) is 21.9 Å². The van der Waals surface area contributed by atoms with Crippen molar-refractivity contribution >= 4 is 6.03 Å². The molecule has 0 saturated heterocycles. The van der Waals surface area contributed by atoms with Crippen LogP contribution >= 0.6 is 0 Å². The first kappa shape index (κ1) is 16.0. The van der Waals surface area contributed by atoms with Gasteiger partial charge in [-0.25, -0.2) is 4.79 Å². The van der Waals surface area contributed by atoms with E-state index in [0.29, 0.717) is 13.2 Å². The molecule has 1 aliphatic heterocycles. The van der Waals surface area contributed by atoms with Crippen molar-refractivity contribution in [2.24, 2.45) is 0 Å². The van der Waals surface area contributed by atoms with Crippen LogP contribution < -0.4 is 15.4 Å². The maximum atomic E-state index is 12.3. The van der Waals surface area contributed by atoms with E-state index in [9.17, 15) is 4.79 Å². The second-order valence-corrected chi connectivity index (χ2v) is 6.81. The minimum absolute atomic E-state index is 0.0186. The van der Waals surface area contributed by atoms with E-state index < -0.39 is 0 Å². The van der Waals surface area contributed by atoms with Gasteiger partial charge >= 0.3 is 6.03 Å². The Morgan fingerprint density at radius 2 is 2.16 bits per heavy atom. The number of rotatable bonds is 4. The number of aryl methyl sites for hydroxylation is 1. The molecular weight excluding hydrogens is 318 g/mol. The van der Waals surface area contributed by atoms with Gasteiger partial charge in [0.25, 0.3) is 0 Å². The van der Waals surface area contributed by atoms with E-state index in [4.69, 9.17) is 9.26 Å². The first-order valence-corrected chi connectivity index (χ1v) is 8.95. The smallest absolute Gasteiger partial charge is 0.315 e. The summed E-state index contributed by atoms with van der Waals surface area (Å²) in [4.78, 5) is 12.3. The highest BCUT2D eigenvalue weighted by atomic mass is 16.5. The van der Waals surface area contributed by atoms with Gasteiger partial charge in [0.15, 0.2) is 0 Å². The molecule has 2 atom stereocenters. The molecule has 1 aromatic carbocycles. The molecule has 2 aromatic rings. The Balaban J connectivity index is 1.33. The number of carbonyl (C=O) groups is 1. The molecule has 0 saturated carbocycles. The monoisotopic (exact) mass is 341 g/mol. The summed E-state index contributed by atoms with van der Waals surface area (Å²) in [5.41, 5.74) is 3.19. The van der Waals surface area contributed by atoms with Crippen LogP contribution in [0.5, 0.6) is 5.75 Å². The number of amides is 2. The van der Waals surface area contributed by atoms with E-state index >= 15 is 0 Å². The number of hydrogen-bond acceptors (Lipinski definition) is 4. The number of carbonyl (C=O) groups excluding carboxylic acids is 1. The van der Waals surface area contributed by atoms with Crippen LogP contribution in [0.15, 0.2) is 28.8 Å². The van der Waals surface area contributed by atoms with Crippen molar-refractivity contribution in [3.63, 3.8) is 0 Å². The Morgan fingerprint density at radius 1 is 1.32 bits per heavy atom. The highest BCUT2D eigenvalue weighted by molar-refractivity contribution is 5.74. The highest BCUT2D eigenvalue weighted by Crippen LogP contribution is 2.35. The molecule has 6 nitrogen and oxygen atoms in total. The Bertz CT molecular complexity index is 771. The van der Waals surface area contributed by atoms with Gasteiger partial charge in [-0.15, -0.1) is 0 Å². The number of aromatic nitrogens is 1. The lowest BCUT2D eigenvalue weighted by molar-refractivity contribution is 0.232. The van der Waals surface area contributed by atoms with Gasteiger partial charge in [0.05, 0.1) is 13.2 Å². The van der Waals surface area contributed by atoms with Crippen molar-refractivity contribution in [1.29, 1.82) is 0 Å². The molecule has 0 bridgehead atoms. The number of para-hydroxylation sites is 1. The van der Waals surface area contributed by atoms with Crippen molar-refractivity contribution in [2.45, 2.75) is 51.1 Å². The van der Waals surface area contributed by atoms with Crippen LogP contribution in [0.25, 0.3) is 0 Å². The predicted molar refractivity (Wildman–Crippen MR) is 92.7 cm³/mol. The molecule has 4 rings (SSSR count). The van der Waals surface area contributed by atoms with Crippen molar-refractivity contribution < 1.29 is 14.1 Å². The molecule has 132 valence electrons. The number of nitrogens with zero attached hydrogens (tertiary/aromatic N) is 1. The summed E-state index contributed by atoms with van der Waals surface area (Å²) in [7, 11) is 0. The third kappa shape index (κ3) is 3.21. The fraction of sp³-hybridized carbons (Fsp3) is 0.474. The maximum absolute atomic E-state index is 12.3. The summed E-state index contributed by atoms with van der Waals surface area (Å²) in [5.74, 6) is 2.06. The fourth-order valence-electron chi connectivity index (χ4n) is 3.71. The highest BCUT2D eigenvalue weighted by Gasteiger charge is 2.29. The molecule has 2 unspecified atom stereocenters. The van der Waals surface area contributed by atoms with Crippen molar-refractivity contribution in [1.82, 2.24) is 15.8 Å². The van der Waals surface area contributed by atoms with E-state index in [1.54, 1.807) is 0 Å². The normalized spacial score (nSPS) is 19.5. The van der Waals surface area contributed by atoms with Crippen LogP contribution in [0.1, 0.15) is 48.3 Å². The van der Waals surface area contributed by atoms with Gasteiger partial charge in [0.1, 0.15) is 17.2 Å². The Labute approximate surface area is 146 Å². The van der Waals surface area contributed by atoms with E-state index in [-0.39, 0.29) is 18.0 Å². The third-order valence-electron chi connectivity index (χ3n) is 5.15. The average Bonchev–Trinajstić information content (AvgIpc) is 3.24. The van der Waals surface area contributed by atoms with Gasteiger partial charge < -0.3 is 19.9 Å². The predicted octanol–water partition coefficient (Wildman–Crippen LogP) is 2.92. The summed E-state index contributed by atoms with van der Waals surface area (Å²) in [6, 6.07) is 7.78. The van der Waals surface area contributed by atoms with Gasteiger partial charge in [-0.2, -0.15) is 0 Å². The maximum Gasteiger partial charge on any atom is 0.315 e. The molecule has 2 heterocycles. The standard InChI is InChI=1S/C19H23N3O3/c1-12(15-11-24-17-8-4-2-6-13(15)17)21-19(23)20-10-16-14-7-3-5-9-18(14)25-22-16/h2,4,6,8,12,15H,3,5,7,9-11H2,1H3,(H2,20,21,23). The topological polar surface area (TPSA) is 76.4 Å². The number of urea groups is 1. The van der Waals surface area contributed by atoms with E-state index in [0.717, 1.165) is 48.5 Å². The minimum Gasteiger partial charge on any atom is -0.493 e. The Hall–Kier alpha value is -2.50. The molecule has 0 spiro atoms. The van der Waals surface area contributed by atoms with Crippen LogP contribution in [0.3, 0.4) is 0 Å². The molecule has 2 N–H and O–H groups in total. The largest absolute Gasteiger partial charge is 0.493 e. The van der Waals surface area contributed by atoms with Crippen LogP contribution in [-0.2, 0) is 19.4 Å². The number of hydrogen-bond donors (Lipinski definition) is 2. The van der Waals surface area contributed by atoms with Crippen molar-refractivity contribution in [3.8, 4) is 5.75 Å². The second-order valence-electron chi connectivity index (χ2n) is 6.81. The molecule has 1 aromatic heterocycles. The number of fused-ring (bicyclic) bond motifs is 2. The third-order valence-corrected chi connectivity index (χ3v) is 5.15. The van der Waals surface area contributed by atoms with Gasteiger partial charge in [0, 0.05) is 29.5 Å². The zero-order chi connectivity index (χ0) is 17.2. The van der Waals surface area contributed by atoms with E-state index in [1.807, 2.05) is 25.1 Å². The van der Waals surface area contributed by atoms with Gasteiger partial charge in [-0.05, 0) is 32.3 Å². The van der Waals surface area contributed by atoms with Crippen molar-refractivity contribution in [3.05, 3.63) is 46.8 Å². The van der Waals surface area contributed by atoms with Gasteiger partial charge in [0.2, 0.25) is 0 Å². The lowest BCUT2D eigenvalue weighted by atomic mass is 9.94. The van der Waals surface area contributed by atoms with Gasteiger partial charge in [-0.1, -0.05) is 23.4 Å². The number of ether oxygens (including phenoxy) is 1. The quantitative estimate of drug-likeness (QED) is 0.896. The first-order valence-electron chi connectivity index (χ1n) is 8.95. The molecule has 0 fully saturated rings. The fourth-order valence-corrected chi connectivity index (χ4v) is 3.71. The summed E-state index contributed by atoms with van der Waals surface area (Å²) < 4.78 is 11.1. The van der Waals surface area contributed by atoms with Crippen LogP contribution in [0, 0.1) is 0 Å². The SMILES string of the molecule is CC(NC(=O)NCc1noc2c1CCCC2)C1COc2ccccc21. The Kier molecular flexibility index (Phi) is 4.34. The second kappa shape index (κ2) is 6.78. The summed E-state index contributed by atoms with van der Waals surface area (Å²) in [6.07, 6.45) is 4.25. The summed E-state index contributed by atoms with van der Waals surface area (Å²) in [5, 5.41) is 10.0.